The third kappa shape index (κ3) is 2.21. The van der Waals surface area contributed by atoms with Crippen molar-refractivity contribution in [1.29, 1.82) is 0 Å². The van der Waals surface area contributed by atoms with E-state index in [2.05, 4.69) is 5.32 Å². The number of carbonyl (C=O) groups excluding carboxylic acids is 1. The molecule has 1 amide bonds. The van der Waals surface area contributed by atoms with Gasteiger partial charge in [0.05, 0.1) is 5.25 Å². The fraction of sp³-hybridized carbons (Fsp3) is 0.800. The van der Waals surface area contributed by atoms with Gasteiger partial charge >= 0.3 is 0 Å². The fourth-order valence-corrected chi connectivity index (χ4v) is 0.642. The highest BCUT2D eigenvalue weighted by molar-refractivity contribution is 7.99. The second-order valence-electron chi connectivity index (χ2n) is 1.49. The lowest BCUT2D eigenvalue weighted by Crippen LogP contribution is -2.26. The minimum absolute atomic E-state index is 0.0833. The second-order valence-corrected chi connectivity index (χ2v) is 2.67. The summed E-state index contributed by atoms with van der Waals surface area (Å²) in [7, 11) is 1.65. The molecule has 0 rings (SSSR count). The van der Waals surface area contributed by atoms with Crippen LogP contribution in [-0.4, -0.2) is 24.5 Å². The quantitative estimate of drug-likeness (QED) is 0.593. The standard InChI is InChI=1S/C5H11NOS/c1-4(8-3)5(7)6-2/h4H,1-3H3,(H,6,7). The Kier molecular flexibility index (Phi) is 3.69. The minimum Gasteiger partial charge on any atom is -0.358 e. The van der Waals surface area contributed by atoms with E-state index in [1.807, 2.05) is 13.2 Å². The molecule has 0 bridgehead atoms. The largest absolute Gasteiger partial charge is 0.358 e. The zero-order chi connectivity index (χ0) is 6.57. The lowest BCUT2D eigenvalue weighted by molar-refractivity contribution is -0.119. The Bertz CT molecular complexity index is 84.5. The highest BCUT2D eigenvalue weighted by Crippen LogP contribution is 2.02. The third-order valence-electron chi connectivity index (χ3n) is 0.969. The van der Waals surface area contributed by atoms with Gasteiger partial charge in [0.15, 0.2) is 0 Å². The smallest absolute Gasteiger partial charge is 0.232 e. The maximum atomic E-state index is 10.6. The molecule has 0 fully saturated rings. The zero-order valence-electron chi connectivity index (χ0n) is 5.39. The van der Waals surface area contributed by atoms with E-state index < -0.39 is 0 Å². The Balaban J connectivity index is 3.46. The van der Waals surface area contributed by atoms with Gasteiger partial charge in [-0.15, -0.1) is 0 Å². The van der Waals surface area contributed by atoms with Crippen molar-refractivity contribution in [2.45, 2.75) is 12.2 Å². The van der Waals surface area contributed by atoms with Gasteiger partial charge in [0, 0.05) is 7.05 Å². The molecular weight excluding hydrogens is 122 g/mol. The van der Waals surface area contributed by atoms with Gasteiger partial charge in [-0.3, -0.25) is 4.79 Å². The number of rotatable bonds is 2. The van der Waals surface area contributed by atoms with Crippen LogP contribution in [0.2, 0.25) is 0 Å². The summed E-state index contributed by atoms with van der Waals surface area (Å²) in [5.74, 6) is 0.0949. The zero-order valence-corrected chi connectivity index (χ0v) is 6.21. The van der Waals surface area contributed by atoms with Crippen LogP contribution in [0.5, 0.6) is 0 Å². The summed E-state index contributed by atoms with van der Waals surface area (Å²) in [4.78, 5) is 10.6. The van der Waals surface area contributed by atoms with Crippen LogP contribution in [0, 0.1) is 0 Å². The number of nitrogens with one attached hydrogen (secondary N) is 1. The van der Waals surface area contributed by atoms with Crippen LogP contribution in [0.1, 0.15) is 6.92 Å². The third-order valence-corrected chi connectivity index (χ3v) is 1.89. The lowest BCUT2D eigenvalue weighted by Gasteiger charge is -2.03. The van der Waals surface area contributed by atoms with Gasteiger partial charge in [0.25, 0.3) is 0 Å². The molecule has 0 aliphatic rings. The Morgan fingerprint density at radius 3 is 2.38 bits per heavy atom. The molecule has 1 N–H and O–H groups in total. The predicted octanol–water partition coefficient (Wildman–Crippen LogP) is 0.484. The number of hydrogen-bond donors (Lipinski definition) is 1. The molecule has 0 radical (unpaired) electrons. The molecule has 8 heavy (non-hydrogen) atoms. The summed E-state index contributed by atoms with van der Waals surface area (Å²) in [6.45, 7) is 1.88. The van der Waals surface area contributed by atoms with Gasteiger partial charge in [-0.2, -0.15) is 11.8 Å². The van der Waals surface area contributed by atoms with E-state index in [9.17, 15) is 4.79 Å². The molecule has 0 aromatic carbocycles. The maximum Gasteiger partial charge on any atom is 0.232 e. The molecule has 0 heterocycles. The van der Waals surface area contributed by atoms with E-state index in [1.165, 1.54) is 0 Å². The second kappa shape index (κ2) is 3.78. The topological polar surface area (TPSA) is 29.1 Å². The Morgan fingerprint density at radius 2 is 2.25 bits per heavy atom. The van der Waals surface area contributed by atoms with Gasteiger partial charge in [-0.1, -0.05) is 0 Å². The molecular formula is C5H11NOS. The van der Waals surface area contributed by atoms with Gasteiger partial charge in [0.1, 0.15) is 0 Å². The van der Waals surface area contributed by atoms with E-state index >= 15 is 0 Å². The molecule has 1 atom stereocenters. The van der Waals surface area contributed by atoms with Gasteiger partial charge in [0.2, 0.25) is 5.91 Å². The monoisotopic (exact) mass is 133 g/mol. The van der Waals surface area contributed by atoms with Crippen LogP contribution < -0.4 is 5.32 Å². The SMILES string of the molecule is CNC(=O)C(C)SC. The summed E-state index contributed by atoms with van der Waals surface area (Å²) in [5.41, 5.74) is 0. The van der Waals surface area contributed by atoms with Crippen LogP contribution in [0.4, 0.5) is 0 Å². The summed E-state index contributed by atoms with van der Waals surface area (Å²) in [6.07, 6.45) is 1.92. The van der Waals surface area contributed by atoms with Crippen molar-refractivity contribution in [1.82, 2.24) is 5.32 Å². The van der Waals surface area contributed by atoms with Crippen LogP contribution in [0.25, 0.3) is 0 Å². The Labute approximate surface area is 54.0 Å². The first-order valence-electron chi connectivity index (χ1n) is 2.46. The molecule has 0 saturated carbocycles. The Morgan fingerprint density at radius 1 is 1.75 bits per heavy atom. The van der Waals surface area contributed by atoms with E-state index in [0.29, 0.717) is 0 Å². The molecule has 3 heteroatoms. The van der Waals surface area contributed by atoms with Crippen LogP contribution in [0.3, 0.4) is 0 Å². The molecule has 0 aromatic heterocycles. The van der Waals surface area contributed by atoms with E-state index in [0.717, 1.165) is 0 Å². The van der Waals surface area contributed by atoms with Crippen LogP contribution >= 0.6 is 11.8 Å². The average Bonchev–Trinajstić information content (AvgIpc) is 1.84. The van der Waals surface area contributed by atoms with Crippen molar-refractivity contribution in [2.24, 2.45) is 0 Å². The maximum absolute atomic E-state index is 10.6. The normalized spacial score (nSPS) is 12.9. The van der Waals surface area contributed by atoms with E-state index in [1.54, 1.807) is 18.8 Å². The number of amides is 1. The molecule has 1 unspecified atom stereocenters. The van der Waals surface area contributed by atoms with Crippen molar-refractivity contribution < 1.29 is 4.79 Å². The molecule has 2 nitrogen and oxygen atoms in total. The van der Waals surface area contributed by atoms with Gasteiger partial charge < -0.3 is 5.32 Å². The molecule has 0 saturated heterocycles. The molecule has 0 aliphatic carbocycles. The summed E-state index contributed by atoms with van der Waals surface area (Å²) >= 11 is 1.55. The molecule has 0 aromatic rings. The lowest BCUT2D eigenvalue weighted by atomic mass is 10.4. The van der Waals surface area contributed by atoms with Crippen LogP contribution in [0.15, 0.2) is 0 Å². The van der Waals surface area contributed by atoms with E-state index in [-0.39, 0.29) is 11.2 Å². The molecule has 0 aliphatic heterocycles. The highest BCUT2D eigenvalue weighted by Gasteiger charge is 2.06. The first kappa shape index (κ1) is 7.82. The highest BCUT2D eigenvalue weighted by atomic mass is 32.2. The van der Waals surface area contributed by atoms with Crippen molar-refractivity contribution in [3.05, 3.63) is 0 Å². The van der Waals surface area contributed by atoms with Crippen LogP contribution in [-0.2, 0) is 4.79 Å². The predicted molar refractivity (Wildman–Crippen MR) is 37.0 cm³/mol. The first-order valence-corrected chi connectivity index (χ1v) is 3.75. The first-order chi connectivity index (χ1) is 3.72. The number of hydrogen-bond acceptors (Lipinski definition) is 2. The molecule has 48 valence electrons. The Hall–Kier alpha value is -0.180. The number of thioether (sulfide) groups is 1. The minimum atomic E-state index is 0.0833. The van der Waals surface area contributed by atoms with Gasteiger partial charge in [-0.05, 0) is 13.2 Å². The summed E-state index contributed by atoms with van der Waals surface area (Å²) in [6, 6.07) is 0. The van der Waals surface area contributed by atoms with Crippen molar-refractivity contribution >= 4 is 17.7 Å². The number of carbonyl (C=O) groups is 1. The summed E-state index contributed by atoms with van der Waals surface area (Å²) < 4.78 is 0. The average molecular weight is 133 g/mol. The molecule has 0 spiro atoms. The summed E-state index contributed by atoms with van der Waals surface area (Å²) in [5, 5.41) is 2.64. The fourth-order valence-electron chi connectivity index (χ4n) is 0.310. The van der Waals surface area contributed by atoms with Crippen molar-refractivity contribution in [3.63, 3.8) is 0 Å². The van der Waals surface area contributed by atoms with Crippen molar-refractivity contribution in [3.8, 4) is 0 Å². The van der Waals surface area contributed by atoms with Gasteiger partial charge in [-0.25, -0.2) is 0 Å². The van der Waals surface area contributed by atoms with Crippen molar-refractivity contribution in [2.75, 3.05) is 13.3 Å². The van der Waals surface area contributed by atoms with E-state index in [4.69, 9.17) is 0 Å².